The van der Waals surface area contributed by atoms with Crippen molar-refractivity contribution in [3.05, 3.63) is 24.2 Å². The minimum Gasteiger partial charge on any atom is -0.495 e. The topological polar surface area (TPSA) is 39.4 Å². The molecule has 0 aliphatic carbocycles. The lowest BCUT2D eigenvalue weighted by molar-refractivity contribution is 0.411. The van der Waals surface area contributed by atoms with Crippen LogP contribution < -0.4 is 4.74 Å². The lowest BCUT2D eigenvalue weighted by Crippen LogP contribution is -2.03. The van der Waals surface area contributed by atoms with Gasteiger partial charge in [-0.3, -0.25) is 0 Å². The Labute approximate surface area is 104 Å². The zero-order valence-electron chi connectivity index (χ0n) is 9.80. The second kappa shape index (κ2) is 4.56. The first kappa shape index (κ1) is 10.9. The highest BCUT2D eigenvalue weighted by atomic mass is 32.2. The average Bonchev–Trinajstić information content (AvgIpc) is 2.96. The van der Waals surface area contributed by atoms with Crippen molar-refractivity contribution in [2.75, 3.05) is 12.9 Å². The summed E-state index contributed by atoms with van der Waals surface area (Å²) in [7, 11) is 1.66. The van der Waals surface area contributed by atoms with Crippen LogP contribution >= 0.6 is 11.8 Å². The van der Waals surface area contributed by atoms with E-state index >= 15 is 0 Å². The van der Waals surface area contributed by atoms with Crippen LogP contribution in [-0.2, 0) is 6.42 Å². The van der Waals surface area contributed by atoms with E-state index in [4.69, 9.17) is 4.74 Å². The van der Waals surface area contributed by atoms with Crippen LogP contribution in [0.1, 0.15) is 18.7 Å². The summed E-state index contributed by atoms with van der Waals surface area (Å²) in [5, 5.41) is 5.20. The second-order valence-corrected chi connectivity index (χ2v) is 5.65. The summed E-state index contributed by atoms with van der Waals surface area (Å²) in [5.74, 6) is 3.04. The summed E-state index contributed by atoms with van der Waals surface area (Å²) >= 11 is 2.04. The molecule has 1 aliphatic rings. The zero-order chi connectivity index (χ0) is 11.7. The average molecular weight is 249 g/mol. The van der Waals surface area contributed by atoms with Gasteiger partial charge in [0.2, 0.25) is 0 Å². The fourth-order valence-electron chi connectivity index (χ4n) is 2.13. The van der Waals surface area contributed by atoms with Gasteiger partial charge >= 0.3 is 0 Å². The molecule has 0 aromatic carbocycles. The van der Waals surface area contributed by atoms with Gasteiger partial charge in [0, 0.05) is 11.7 Å². The minimum atomic E-state index is 0.703. The largest absolute Gasteiger partial charge is 0.495 e. The number of nitrogens with zero attached hydrogens (tertiary/aromatic N) is 3. The molecule has 0 bridgehead atoms. The highest BCUT2D eigenvalue weighted by Crippen LogP contribution is 2.28. The third kappa shape index (κ3) is 2.24. The maximum absolute atomic E-state index is 5.17. The summed E-state index contributed by atoms with van der Waals surface area (Å²) in [4.78, 5) is 4.53. The van der Waals surface area contributed by atoms with Crippen molar-refractivity contribution in [2.24, 2.45) is 0 Å². The summed E-state index contributed by atoms with van der Waals surface area (Å²) in [5.41, 5.74) is 0.892. The molecule has 5 heteroatoms. The molecule has 4 nitrogen and oxygen atoms in total. The number of hydrogen-bond acceptors (Lipinski definition) is 4. The van der Waals surface area contributed by atoms with Gasteiger partial charge in [0.1, 0.15) is 5.75 Å². The van der Waals surface area contributed by atoms with Crippen LogP contribution in [0.3, 0.4) is 0 Å². The van der Waals surface area contributed by atoms with E-state index in [-0.39, 0.29) is 0 Å². The molecular weight excluding hydrogens is 234 g/mol. The molecule has 1 aliphatic heterocycles. The van der Waals surface area contributed by atoms with Gasteiger partial charge in [-0.1, -0.05) is 0 Å². The summed E-state index contributed by atoms with van der Waals surface area (Å²) < 4.78 is 6.97. The quantitative estimate of drug-likeness (QED) is 0.836. The van der Waals surface area contributed by atoms with Crippen LogP contribution in [0.15, 0.2) is 18.3 Å². The number of ether oxygens (including phenoxy) is 1. The van der Waals surface area contributed by atoms with Crippen LogP contribution in [0, 0.1) is 0 Å². The molecule has 1 saturated heterocycles. The van der Waals surface area contributed by atoms with Gasteiger partial charge in [-0.05, 0) is 30.7 Å². The van der Waals surface area contributed by atoms with E-state index in [1.807, 2.05) is 30.1 Å². The molecule has 17 heavy (non-hydrogen) atoms. The number of hydrogen-bond donors (Lipinski definition) is 0. The molecule has 0 N–H and O–H groups in total. The van der Waals surface area contributed by atoms with E-state index in [1.165, 1.54) is 18.6 Å². The normalized spacial score (nSPS) is 19.9. The molecule has 0 amide bonds. The Morgan fingerprint density at radius 1 is 1.53 bits per heavy atom. The Kier molecular flexibility index (Phi) is 2.93. The Balaban J connectivity index is 1.85. The summed E-state index contributed by atoms with van der Waals surface area (Å²) in [6.07, 6.45) is 5.47. The van der Waals surface area contributed by atoms with Crippen molar-refractivity contribution in [2.45, 2.75) is 24.5 Å². The standard InChI is InChI=1S/C12H15N3OS/c1-16-9-4-5-12-13-11(14-15(12)8-9)7-10-3-2-6-17-10/h4-5,8,10H,2-3,6-7H2,1H3. The smallest absolute Gasteiger partial charge is 0.155 e. The molecule has 1 fully saturated rings. The molecule has 3 rings (SSSR count). The van der Waals surface area contributed by atoms with Crippen molar-refractivity contribution in [3.63, 3.8) is 0 Å². The fourth-order valence-corrected chi connectivity index (χ4v) is 3.39. The van der Waals surface area contributed by atoms with E-state index in [2.05, 4.69) is 10.1 Å². The Bertz CT molecular complexity index is 519. The van der Waals surface area contributed by atoms with Crippen LogP contribution in [-0.4, -0.2) is 32.7 Å². The third-order valence-corrected chi connectivity index (χ3v) is 4.42. The SMILES string of the molecule is COc1ccc2nc(CC3CCCS3)nn2c1. The van der Waals surface area contributed by atoms with Gasteiger partial charge in [-0.25, -0.2) is 9.50 Å². The van der Waals surface area contributed by atoms with E-state index < -0.39 is 0 Å². The fraction of sp³-hybridized carbons (Fsp3) is 0.500. The van der Waals surface area contributed by atoms with Gasteiger partial charge in [0.15, 0.2) is 11.5 Å². The van der Waals surface area contributed by atoms with Crippen LogP contribution in [0.25, 0.3) is 5.65 Å². The number of aromatic nitrogens is 3. The molecule has 0 saturated carbocycles. The van der Waals surface area contributed by atoms with E-state index in [0.717, 1.165) is 23.6 Å². The van der Waals surface area contributed by atoms with Crippen molar-refractivity contribution in [1.82, 2.24) is 14.6 Å². The molecule has 2 aromatic heterocycles. The number of pyridine rings is 1. The first-order chi connectivity index (χ1) is 8.35. The number of thioether (sulfide) groups is 1. The molecule has 2 aromatic rings. The predicted octanol–water partition coefficient (Wildman–Crippen LogP) is 2.18. The molecule has 3 heterocycles. The lowest BCUT2D eigenvalue weighted by atomic mass is 10.2. The predicted molar refractivity (Wildman–Crippen MR) is 68.7 cm³/mol. The zero-order valence-corrected chi connectivity index (χ0v) is 10.6. The first-order valence-corrected chi connectivity index (χ1v) is 6.91. The molecule has 90 valence electrons. The summed E-state index contributed by atoms with van der Waals surface area (Å²) in [6.45, 7) is 0. The van der Waals surface area contributed by atoms with Gasteiger partial charge in [0.05, 0.1) is 13.3 Å². The van der Waals surface area contributed by atoms with Crippen molar-refractivity contribution in [1.29, 1.82) is 0 Å². The number of rotatable bonds is 3. The third-order valence-electron chi connectivity index (χ3n) is 3.02. The first-order valence-electron chi connectivity index (χ1n) is 5.86. The van der Waals surface area contributed by atoms with Crippen molar-refractivity contribution >= 4 is 17.4 Å². The molecular formula is C12H15N3OS. The van der Waals surface area contributed by atoms with E-state index in [1.54, 1.807) is 11.6 Å². The maximum atomic E-state index is 5.17. The number of methoxy groups -OCH3 is 1. The van der Waals surface area contributed by atoms with E-state index in [9.17, 15) is 0 Å². The minimum absolute atomic E-state index is 0.703. The monoisotopic (exact) mass is 249 g/mol. The Hall–Kier alpha value is -1.23. The van der Waals surface area contributed by atoms with Gasteiger partial charge in [-0.15, -0.1) is 0 Å². The number of fused-ring (bicyclic) bond motifs is 1. The lowest BCUT2D eigenvalue weighted by Gasteiger charge is -2.02. The maximum Gasteiger partial charge on any atom is 0.155 e. The van der Waals surface area contributed by atoms with Crippen molar-refractivity contribution in [3.8, 4) is 5.75 Å². The molecule has 1 atom stereocenters. The van der Waals surface area contributed by atoms with Crippen LogP contribution in [0.4, 0.5) is 0 Å². The highest BCUT2D eigenvalue weighted by molar-refractivity contribution is 8.00. The molecule has 0 radical (unpaired) electrons. The van der Waals surface area contributed by atoms with Gasteiger partial charge in [-0.2, -0.15) is 16.9 Å². The van der Waals surface area contributed by atoms with Crippen LogP contribution in [0.5, 0.6) is 5.75 Å². The Morgan fingerprint density at radius 2 is 2.47 bits per heavy atom. The molecule has 0 spiro atoms. The van der Waals surface area contributed by atoms with Crippen molar-refractivity contribution < 1.29 is 4.74 Å². The van der Waals surface area contributed by atoms with Crippen LogP contribution in [0.2, 0.25) is 0 Å². The second-order valence-electron chi connectivity index (χ2n) is 4.24. The molecule has 1 unspecified atom stereocenters. The Morgan fingerprint density at radius 3 is 3.24 bits per heavy atom. The highest BCUT2D eigenvalue weighted by Gasteiger charge is 2.18. The van der Waals surface area contributed by atoms with Gasteiger partial charge < -0.3 is 4.74 Å². The van der Waals surface area contributed by atoms with E-state index in [0.29, 0.717) is 5.25 Å². The summed E-state index contributed by atoms with van der Waals surface area (Å²) in [6, 6.07) is 3.86. The van der Waals surface area contributed by atoms with Gasteiger partial charge in [0.25, 0.3) is 0 Å².